The summed E-state index contributed by atoms with van der Waals surface area (Å²) in [5.74, 6) is 0.591. The molecule has 2 amide bonds. The van der Waals surface area contributed by atoms with Gasteiger partial charge in [-0.05, 0) is 42.7 Å². The maximum Gasteiger partial charge on any atom is 0.295 e. The molecule has 2 aromatic heterocycles. The Labute approximate surface area is 295 Å². The molecule has 2 aliphatic heterocycles. The Hall–Kier alpha value is -5.16. The molecule has 0 spiro atoms. The summed E-state index contributed by atoms with van der Waals surface area (Å²) in [6.45, 7) is 8.67. The topological polar surface area (TPSA) is 224 Å². The number of benzene rings is 2. The van der Waals surface area contributed by atoms with E-state index in [0.29, 0.717) is 78.3 Å². The van der Waals surface area contributed by atoms with Crippen molar-refractivity contribution in [2.45, 2.75) is 45.6 Å². The number of ether oxygens (including phenoxy) is 4. The van der Waals surface area contributed by atoms with Crippen LogP contribution in [-0.2, 0) is 22.4 Å². The summed E-state index contributed by atoms with van der Waals surface area (Å²) in [5, 5.41) is 6.20. The summed E-state index contributed by atoms with van der Waals surface area (Å²) >= 11 is 0. The van der Waals surface area contributed by atoms with Crippen molar-refractivity contribution in [3.63, 3.8) is 0 Å². The van der Waals surface area contributed by atoms with Crippen LogP contribution in [0.25, 0.3) is 11.0 Å². The quantitative estimate of drug-likeness (QED) is 0.0491. The average Bonchev–Trinajstić information content (AvgIpc) is 3.57. The zero-order valence-electron chi connectivity index (χ0n) is 29.1. The van der Waals surface area contributed by atoms with Crippen LogP contribution in [0.1, 0.15) is 57.5 Å². The van der Waals surface area contributed by atoms with Crippen LogP contribution in [0, 0.1) is 6.92 Å². The number of nitrogens with one attached hydrogen (secondary N) is 2. The number of oxazole rings is 1. The number of nitrogens with zero attached hydrogens (tertiary/aromatic N) is 4. The fourth-order valence-corrected chi connectivity index (χ4v) is 6.09. The predicted molar refractivity (Wildman–Crippen MR) is 191 cm³/mol. The summed E-state index contributed by atoms with van der Waals surface area (Å²) in [6, 6.07) is 6.88. The van der Waals surface area contributed by atoms with Gasteiger partial charge in [-0.1, -0.05) is 19.1 Å². The number of anilines is 3. The number of amides is 2. The Morgan fingerprint density at radius 1 is 1.12 bits per heavy atom. The highest BCUT2D eigenvalue weighted by atomic mass is 16.6. The zero-order valence-corrected chi connectivity index (χ0v) is 29.1. The van der Waals surface area contributed by atoms with Crippen molar-refractivity contribution < 1.29 is 33.0 Å². The first-order valence-electron chi connectivity index (χ1n) is 17.0. The molecule has 4 heterocycles. The molecule has 272 valence electrons. The van der Waals surface area contributed by atoms with E-state index in [2.05, 4.69) is 20.5 Å². The molecular formula is C35H45N9O7. The van der Waals surface area contributed by atoms with Gasteiger partial charge in [0.15, 0.2) is 5.89 Å². The Morgan fingerprint density at radius 3 is 2.61 bits per heavy atom. The molecule has 2 atom stereocenters. The maximum atomic E-state index is 13.5. The molecule has 2 aromatic carbocycles. The number of methoxy groups -OCH3 is 1. The van der Waals surface area contributed by atoms with Gasteiger partial charge in [0.25, 0.3) is 5.91 Å². The highest BCUT2D eigenvalue weighted by Gasteiger charge is 2.37. The number of nitrogen functional groups attached to an aromatic ring is 1. The Bertz CT molecular complexity index is 1910. The SMILES string of the molecule is CCc1nc(C)oc1C(=O)Nc1nc2cc(C(N)=O)cc(OCCCN3CCOCC3)c2n1C/C=C/CNc1c(N)cc(C2OC2N)cc1OC. The van der Waals surface area contributed by atoms with Crippen LogP contribution in [0.3, 0.4) is 0 Å². The minimum absolute atomic E-state index is 0.110. The predicted octanol–water partition coefficient (Wildman–Crippen LogP) is 2.96. The highest BCUT2D eigenvalue weighted by molar-refractivity contribution is 6.04. The number of carbonyl (C=O) groups excluding carboxylic acids is 2. The van der Waals surface area contributed by atoms with E-state index in [9.17, 15) is 9.59 Å². The highest BCUT2D eigenvalue weighted by Crippen LogP contribution is 2.41. The Morgan fingerprint density at radius 2 is 1.90 bits per heavy atom. The van der Waals surface area contributed by atoms with Gasteiger partial charge in [0, 0.05) is 45.2 Å². The number of aryl methyl sites for hydroxylation is 2. The van der Waals surface area contributed by atoms with Crippen LogP contribution in [0.4, 0.5) is 17.3 Å². The number of fused-ring (bicyclic) bond motifs is 1. The lowest BCUT2D eigenvalue weighted by Gasteiger charge is -2.26. The largest absolute Gasteiger partial charge is 0.494 e. The van der Waals surface area contributed by atoms with Gasteiger partial charge >= 0.3 is 0 Å². The molecule has 2 unspecified atom stereocenters. The van der Waals surface area contributed by atoms with E-state index in [1.165, 1.54) is 0 Å². The number of aromatic nitrogens is 3. The molecule has 2 fully saturated rings. The van der Waals surface area contributed by atoms with E-state index >= 15 is 0 Å². The van der Waals surface area contributed by atoms with Gasteiger partial charge in [-0.3, -0.25) is 19.8 Å². The summed E-state index contributed by atoms with van der Waals surface area (Å²) in [4.78, 5) is 37.2. The maximum absolute atomic E-state index is 13.5. The summed E-state index contributed by atoms with van der Waals surface area (Å²) in [5.41, 5.74) is 21.7. The second kappa shape index (κ2) is 15.8. The van der Waals surface area contributed by atoms with Crippen molar-refractivity contribution in [1.29, 1.82) is 0 Å². The molecule has 4 aromatic rings. The molecule has 0 saturated carbocycles. The Kier molecular flexibility index (Phi) is 11.1. The summed E-state index contributed by atoms with van der Waals surface area (Å²) < 4.78 is 30.2. The molecule has 6 rings (SSSR count). The lowest BCUT2D eigenvalue weighted by atomic mass is 10.1. The van der Waals surface area contributed by atoms with Crippen molar-refractivity contribution in [3.05, 3.63) is 64.9 Å². The van der Waals surface area contributed by atoms with E-state index in [1.54, 1.807) is 26.2 Å². The molecule has 16 heteroatoms. The number of primary amides is 1. The van der Waals surface area contributed by atoms with Crippen molar-refractivity contribution in [2.24, 2.45) is 11.5 Å². The fraction of sp³-hybridized carbons (Fsp3) is 0.429. The first-order valence-corrected chi connectivity index (χ1v) is 17.0. The normalized spacial score (nSPS) is 17.6. The minimum atomic E-state index is -0.624. The number of rotatable bonds is 16. The molecule has 0 aliphatic carbocycles. The molecule has 2 aliphatic rings. The van der Waals surface area contributed by atoms with Gasteiger partial charge in [0.05, 0.1) is 43.8 Å². The monoisotopic (exact) mass is 703 g/mol. The fourth-order valence-electron chi connectivity index (χ4n) is 6.09. The van der Waals surface area contributed by atoms with Crippen molar-refractivity contribution in [2.75, 3.05) is 69.5 Å². The van der Waals surface area contributed by atoms with E-state index in [1.807, 2.05) is 35.8 Å². The van der Waals surface area contributed by atoms with Crippen LogP contribution in [0.5, 0.6) is 11.5 Å². The van der Waals surface area contributed by atoms with Crippen LogP contribution in [0.2, 0.25) is 0 Å². The smallest absolute Gasteiger partial charge is 0.295 e. The van der Waals surface area contributed by atoms with E-state index in [-0.39, 0.29) is 36.1 Å². The minimum Gasteiger partial charge on any atom is -0.494 e. The standard InChI is InChI=1S/C35H45N9O7/c1-4-24-31(50-20(2)40-24)34(46)42-35-41-25-17-22(32(37)45)19-27(49-13-7-9-43-11-14-48-15-12-43)29(25)44(35)10-6-5-8-39-28-23(36)16-21(18-26(28)47-3)30-33(38)51-30/h5-6,16-19,30,33,39H,4,7-15,36,38H2,1-3H3,(H2,37,45)(H,41,42,46)/b6-5+. The third-order valence-corrected chi connectivity index (χ3v) is 8.72. The van der Waals surface area contributed by atoms with Crippen LogP contribution >= 0.6 is 0 Å². The number of hydrogen-bond donors (Lipinski definition) is 5. The number of hydrogen-bond acceptors (Lipinski definition) is 13. The van der Waals surface area contributed by atoms with E-state index < -0.39 is 11.8 Å². The first-order chi connectivity index (χ1) is 24.7. The van der Waals surface area contributed by atoms with Crippen LogP contribution in [-0.4, -0.2) is 90.6 Å². The van der Waals surface area contributed by atoms with E-state index in [0.717, 1.165) is 31.6 Å². The summed E-state index contributed by atoms with van der Waals surface area (Å²) in [7, 11) is 1.57. The Balaban J connectivity index is 1.26. The summed E-state index contributed by atoms with van der Waals surface area (Å²) in [6.07, 6.45) is 4.55. The number of allylic oxidation sites excluding steroid dienone is 1. The lowest BCUT2D eigenvalue weighted by molar-refractivity contribution is 0.0358. The third-order valence-electron chi connectivity index (χ3n) is 8.72. The van der Waals surface area contributed by atoms with Gasteiger partial charge in [0.1, 0.15) is 35.0 Å². The van der Waals surface area contributed by atoms with Gasteiger partial charge in [-0.2, -0.15) is 0 Å². The molecular weight excluding hydrogens is 658 g/mol. The molecule has 8 N–H and O–H groups in total. The van der Waals surface area contributed by atoms with Gasteiger partial charge in [0.2, 0.25) is 17.6 Å². The number of nitrogens with two attached hydrogens (primary N) is 3. The van der Waals surface area contributed by atoms with Crippen molar-refractivity contribution >= 4 is 40.2 Å². The molecule has 51 heavy (non-hydrogen) atoms. The second-order valence-corrected chi connectivity index (χ2v) is 12.3. The van der Waals surface area contributed by atoms with E-state index in [4.69, 9.17) is 45.5 Å². The van der Waals surface area contributed by atoms with Crippen LogP contribution < -0.4 is 37.3 Å². The number of carbonyl (C=O) groups is 2. The van der Waals surface area contributed by atoms with Gasteiger partial charge < -0.3 is 50.4 Å². The van der Waals surface area contributed by atoms with Gasteiger partial charge in [-0.25, -0.2) is 9.97 Å². The molecule has 2 saturated heterocycles. The van der Waals surface area contributed by atoms with Crippen molar-refractivity contribution in [3.8, 4) is 11.5 Å². The molecule has 0 radical (unpaired) electrons. The molecule has 16 nitrogen and oxygen atoms in total. The second-order valence-electron chi connectivity index (χ2n) is 12.3. The number of morpholine rings is 1. The number of imidazole rings is 1. The van der Waals surface area contributed by atoms with Gasteiger partial charge in [-0.15, -0.1) is 0 Å². The zero-order chi connectivity index (χ0) is 36.1. The lowest BCUT2D eigenvalue weighted by Crippen LogP contribution is -2.37. The third kappa shape index (κ3) is 8.26. The number of epoxide rings is 1. The average molecular weight is 704 g/mol. The van der Waals surface area contributed by atoms with Crippen LogP contribution in [0.15, 0.2) is 40.8 Å². The molecule has 0 bridgehead atoms. The van der Waals surface area contributed by atoms with Crippen molar-refractivity contribution in [1.82, 2.24) is 19.4 Å². The first kappa shape index (κ1) is 35.7.